The monoisotopic (exact) mass is 432 g/mol. The number of amidine groups is 1. The topological polar surface area (TPSA) is 54.6 Å². The van der Waals surface area contributed by atoms with E-state index in [-0.39, 0.29) is 11.1 Å². The second-order valence-electron chi connectivity index (χ2n) is 5.76. The molecule has 0 saturated carbocycles. The molecule has 8 heteroatoms. The Morgan fingerprint density at radius 3 is 2.46 bits per heavy atom. The van der Waals surface area contributed by atoms with Crippen molar-refractivity contribution in [2.45, 2.75) is 0 Å². The van der Waals surface area contributed by atoms with Gasteiger partial charge in [0.25, 0.3) is 5.24 Å². The van der Waals surface area contributed by atoms with E-state index in [0.29, 0.717) is 43.6 Å². The standard InChI is InChI=1S/C20H11Cl2FN2O2S/c21-14-2-1-3-15(22)18(14)16-9-8-13(27-16)10-17-19(25-20(26)28-17)24-12-6-4-11(23)5-7-12/h1-10H,(H,24,25,26). The number of hydrogen-bond acceptors (Lipinski definition) is 4. The van der Waals surface area contributed by atoms with E-state index < -0.39 is 0 Å². The molecule has 1 saturated heterocycles. The van der Waals surface area contributed by atoms with Gasteiger partial charge in [0.1, 0.15) is 23.2 Å². The van der Waals surface area contributed by atoms with Crippen molar-refractivity contribution in [3.63, 3.8) is 0 Å². The molecule has 0 radical (unpaired) electrons. The van der Waals surface area contributed by atoms with E-state index in [1.54, 1.807) is 36.4 Å². The summed E-state index contributed by atoms with van der Waals surface area (Å²) in [7, 11) is 0. The van der Waals surface area contributed by atoms with E-state index in [4.69, 9.17) is 27.6 Å². The van der Waals surface area contributed by atoms with Crippen molar-refractivity contribution in [3.8, 4) is 11.3 Å². The predicted octanol–water partition coefficient (Wildman–Crippen LogP) is 6.92. The van der Waals surface area contributed by atoms with Crippen LogP contribution in [0.2, 0.25) is 10.0 Å². The summed E-state index contributed by atoms with van der Waals surface area (Å²) in [5.41, 5.74) is 1.12. The van der Waals surface area contributed by atoms with Crippen molar-refractivity contribution in [1.82, 2.24) is 5.32 Å². The van der Waals surface area contributed by atoms with Crippen molar-refractivity contribution in [2.24, 2.45) is 4.99 Å². The first-order valence-electron chi connectivity index (χ1n) is 8.09. The predicted molar refractivity (Wildman–Crippen MR) is 112 cm³/mol. The highest BCUT2D eigenvalue weighted by molar-refractivity contribution is 8.18. The van der Waals surface area contributed by atoms with Gasteiger partial charge >= 0.3 is 0 Å². The number of furan rings is 1. The summed E-state index contributed by atoms with van der Waals surface area (Å²) in [6.45, 7) is 0. The highest BCUT2D eigenvalue weighted by atomic mass is 35.5. The first-order chi connectivity index (χ1) is 13.5. The number of rotatable bonds is 3. The zero-order valence-electron chi connectivity index (χ0n) is 14.1. The summed E-state index contributed by atoms with van der Waals surface area (Å²) in [6.07, 6.45) is 1.69. The molecule has 0 unspecified atom stereocenters. The van der Waals surface area contributed by atoms with E-state index in [1.807, 2.05) is 0 Å². The Bertz CT molecular complexity index is 1100. The van der Waals surface area contributed by atoms with Crippen LogP contribution in [0.5, 0.6) is 0 Å². The number of benzene rings is 2. The number of hydrogen-bond donors (Lipinski definition) is 1. The Labute approximate surface area is 174 Å². The minimum absolute atomic E-state index is 0.256. The number of carbonyl (C=O) groups excluding carboxylic acids is 1. The summed E-state index contributed by atoms with van der Waals surface area (Å²) in [4.78, 5) is 16.8. The summed E-state index contributed by atoms with van der Waals surface area (Å²) in [5.74, 6) is 1.04. The molecule has 1 aliphatic rings. The molecule has 2 aromatic carbocycles. The maximum absolute atomic E-state index is 13.1. The van der Waals surface area contributed by atoms with Gasteiger partial charge in [0.2, 0.25) is 0 Å². The number of nitrogens with one attached hydrogen (secondary N) is 1. The number of carbonyl (C=O) groups is 1. The Hall–Kier alpha value is -2.54. The molecule has 1 fully saturated rings. The molecular weight excluding hydrogens is 422 g/mol. The van der Waals surface area contributed by atoms with E-state index in [9.17, 15) is 9.18 Å². The molecule has 28 heavy (non-hydrogen) atoms. The fourth-order valence-corrected chi connectivity index (χ4v) is 3.88. The number of thioether (sulfide) groups is 1. The fourth-order valence-electron chi connectivity index (χ4n) is 2.58. The van der Waals surface area contributed by atoms with Crippen LogP contribution in [0.15, 0.2) is 68.9 Å². The molecule has 1 amide bonds. The summed E-state index contributed by atoms with van der Waals surface area (Å²) >= 11 is 13.4. The van der Waals surface area contributed by atoms with E-state index >= 15 is 0 Å². The van der Waals surface area contributed by atoms with Crippen molar-refractivity contribution in [1.29, 1.82) is 0 Å². The average Bonchev–Trinajstić information content (AvgIpc) is 3.24. The van der Waals surface area contributed by atoms with Crippen LogP contribution in [-0.2, 0) is 0 Å². The molecule has 4 rings (SSSR count). The maximum atomic E-state index is 13.1. The second-order valence-corrected chi connectivity index (χ2v) is 7.59. The van der Waals surface area contributed by atoms with Crippen molar-refractivity contribution < 1.29 is 13.6 Å². The van der Waals surface area contributed by atoms with Gasteiger partial charge in [-0.05, 0) is 66.4 Å². The lowest BCUT2D eigenvalue weighted by Crippen LogP contribution is -2.18. The molecule has 0 aliphatic carbocycles. The molecule has 140 valence electrons. The van der Waals surface area contributed by atoms with Gasteiger partial charge in [0.05, 0.1) is 26.2 Å². The highest BCUT2D eigenvalue weighted by Gasteiger charge is 2.24. The zero-order valence-corrected chi connectivity index (χ0v) is 16.4. The van der Waals surface area contributed by atoms with Crippen LogP contribution >= 0.6 is 35.0 Å². The van der Waals surface area contributed by atoms with E-state index in [1.165, 1.54) is 24.3 Å². The molecule has 0 spiro atoms. The van der Waals surface area contributed by atoms with Gasteiger partial charge in [-0.3, -0.25) is 4.79 Å². The maximum Gasteiger partial charge on any atom is 0.289 e. The Kier molecular flexibility index (Phi) is 5.26. The van der Waals surface area contributed by atoms with Gasteiger partial charge in [-0.25, -0.2) is 9.38 Å². The van der Waals surface area contributed by atoms with Crippen LogP contribution in [-0.4, -0.2) is 11.1 Å². The number of aliphatic imine (C=N–C) groups is 1. The van der Waals surface area contributed by atoms with E-state index in [2.05, 4.69) is 10.3 Å². The highest BCUT2D eigenvalue weighted by Crippen LogP contribution is 2.36. The summed E-state index contributed by atoms with van der Waals surface area (Å²) in [5, 5.41) is 3.37. The molecule has 2 heterocycles. The van der Waals surface area contributed by atoms with Crippen LogP contribution in [0.1, 0.15) is 5.76 Å². The van der Waals surface area contributed by atoms with Crippen LogP contribution < -0.4 is 5.32 Å². The van der Waals surface area contributed by atoms with Gasteiger partial charge in [-0.1, -0.05) is 29.3 Å². The minimum Gasteiger partial charge on any atom is -0.457 e. The Balaban J connectivity index is 1.67. The summed E-state index contributed by atoms with van der Waals surface area (Å²) in [6, 6.07) is 14.4. The fraction of sp³-hybridized carbons (Fsp3) is 0. The summed E-state index contributed by atoms with van der Waals surface area (Å²) < 4.78 is 18.9. The largest absolute Gasteiger partial charge is 0.457 e. The number of amides is 1. The van der Waals surface area contributed by atoms with Crippen molar-refractivity contribution >= 4 is 57.8 Å². The number of nitrogens with zero attached hydrogens (tertiary/aromatic N) is 1. The zero-order chi connectivity index (χ0) is 19.7. The number of halogens is 3. The average molecular weight is 433 g/mol. The van der Waals surface area contributed by atoms with Gasteiger partial charge in [-0.15, -0.1) is 0 Å². The smallest absolute Gasteiger partial charge is 0.289 e. The molecule has 4 nitrogen and oxygen atoms in total. The van der Waals surface area contributed by atoms with Crippen LogP contribution in [0.25, 0.3) is 17.4 Å². The molecule has 1 aromatic heterocycles. The Morgan fingerprint density at radius 2 is 1.75 bits per heavy atom. The quantitative estimate of drug-likeness (QED) is 0.488. The normalized spacial score (nSPS) is 16.8. The first kappa shape index (κ1) is 18.8. The van der Waals surface area contributed by atoms with Crippen molar-refractivity contribution in [3.05, 3.63) is 81.1 Å². The third-order valence-corrected chi connectivity index (χ3v) is 5.28. The third-order valence-electron chi connectivity index (χ3n) is 3.83. The second kappa shape index (κ2) is 7.83. The molecule has 1 N–H and O–H groups in total. The molecular formula is C20H11Cl2FN2O2S. The van der Waals surface area contributed by atoms with E-state index in [0.717, 1.165) is 11.8 Å². The molecule has 0 bridgehead atoms. The Morgan fingerprint density at radius 1 is 1.04 bits per heavy atom. The SMILES string of the molecule is O=C1NC(=Nc2ccc(F)cc2)C(=Cc2ccc(-c3c(Cl)cccc3Cl)o2)S1. The minimum atomic E-state index is -0.356. The van der Waals surface area contributed by atoms with Crippen molar-refractivity contribution in [2.75, 3.05) is 0 Å². The lowest BCUT2D eigenvalue weighted by atomic mass is 10.2. The lowest BCUT2D eigenvalue weighted by Gasteiger charge is -2.03. The molecule has 3 aromatic rings. The van der Waals surface area contributed by atoms with Gasteiger partial charge in [0, 0.05) is 0 Å². The molecule has 0 atom stereocenters. The van der Waals surface area contributed by atoms with Crippen LogP contribution in [0, 0.1) is 5.82 Å². The van der Waals surface area contributed by atoms with Gasteiger partial charge in [-0.2, -0.15) is 0 Å². The van der Waals surface area contributed by atoms with Gasteiger partial charge < -0.3 is 9.73 Å². The van der Waals surface area contributed by atoms with Crippen LogP contribution in [0.3, 0.4) is 0 Å². The van der Waals surface area contributed by atoms with Crippen LogP contribution in [0.4, 0.5) is 14.9 Å². The lowest BCUT2D eigenvalue weighted by molar-refractivity contribution is 0.265. The first-order valence-corrected chi connectivity index (χ1v) is 9.66. The van der Waals surface area contributed by atoms with Gasteiger partial charge in [0.15, 0.2) is 0 Å². The third kappa shape index (κ3) is 3.99. The molecule has 1 aliphatic heterocycles.